The van der Waals surface area contributed by atoms with Crippen molar-refractivity contribution in [3.8, 4) is 0 Å². The summed E-state index contributed by atoms with van der Waals surface area (Å²) >= 11 is 0. The predicted octanol–water partition coefficient (Wildman–Crippen LogP) is 1.26. The van der Waals surface area contributed by atoms with Crippen LogP contribution >= 0.6 is 0 Å². The van der Waals surface area contributed by atoms with Crippen LogP contribution in [0.2, 0.25) is 0 Å². The summed E-state index contributed by atoms with van der Waals surface area (Å²) < 4.78 is 0. The van der Waals surface area contributed by atoms with Gasteiger partial charge in [-0.15, -0.1) is 0 Å². The first-order chi connectivity index (χ1) is 6.16. The van der Waals surface area contributed by atoms with E-state index in [0.29, 0.717) is 12.1 Å². The highest BCUT2D eigenvalue weighted by atomic mass is 16.4. The number of nitrogens with one attached hydrogen (secondary N) is 1. The number of benzene rings is 1. The molecule has 2 N–H and O–H groups in total. The first-order valence-corrected chi connectivity index (χ1v) is 3.70. The van der Waals surface area contributed by atoms with E-state index in [-0.39, 0.29) is 5.56 Å². The lowest BCUT2D eigenvalue weighted by atomic mass is 10.1. The minimum absolute atomic E-state index is 0.104. The molecule has 0 fully saturated rings. The maximum absolute atomic E-state index is 10.7. The van der Waals surface area contributed by atoms with E-state index in [1.165, 1.54) is 6.07 Å². The van der Waals surface area contributed by atoms with E-state index in [4.69, 9.17) is 5.11 Å². The minimum atomic E-state index is -1.05. The van der Waals surface area contributed by atoms with E-state index >= 15 is 0 Å². The summed E-state index contributed by atoms with van der Waals surface area (Å²) in [6, 6.07) is 4.81. The number of hydrogen-bond acceptors (Lipinski definition) is 2. The van der Waals surface area contributed by atoms with Crippen molar-refractivity contribution in [1.82, 2.24) is 0 Å². The van der Waals surface area contributed by atoms with Gasteiger partial charge in [0.2, 0.25) is 6.41 Å². The van der Waals surface area contributed by atoms with Crippen molar-refractivity contribution in [1.29, 1.82) is 0 Å². The first-order valence-electron chi connectivity index (χ1n) is 3.70. The second kappa shape index (κ2) is 3.71. The SMILES string of the molecule is Cc1cccc(C(=O)O)c1NC=O. The van der Waals surface area contributed by atoms with E-state index in [9.17, 15) is 9.59 Å². The summed E-state index contributed by atoms with van der Waals surface area (Å²) in [7, 11) is 0. The van der Waals surface area contributed by atoms with Gasteiger partial charge in [-0.3, -0.25) is 4.79 Å². The fourth-order valence-electron chi connectivity index (χ4n) is 1.10. The fourth-order valence-corrected chi connectivity index (χ4v) is 1.10. The molecule has 4 heteroatoms. The predicted molar refractivity (Wildman–Crippen MR) is 47.8 cm³/mol. The molecule has 0 heterocycles. The van der Waals surface area contributed by atoms with E-state index in [2.05, 4.69) is 5.32 Å². The summed E-state index contributed by atoms with van der Waals surface area (Å²) in [4.78, 5) is 20.9. The van der Waals surface area contributed by atoms with Crippen molar-refractivity contribution < 1.29 is 14.7 Å². The van der Waals surface area contributed by atoms with Crippen molar-refractivity contribution in [2.75, 3.05) is 5.32 Å². The summed E-state index contributed by atoms with van der Waals surface area (Å²) in [6.45, 7) is 1.73. The fraction of sp³-hybridized carbons (Fsp3) is 0.111. The monoisotopic (exact) mass is 179 g/mol. The van der Waals surface area contributed by atoms with Crippen molar-refractivity contribution in [3.63, 3.8) is 0 Å². The van der Waals surface area contributed by atoms with Gasteiger partial charge in [0.05, 0.1) is 11.3 Å². The van der Waals surface area contributed by atoms with Gasteiger partial charge >= 0.3 is 5.97 Å². The lowest BCUT2D eigenvalue weighted by Gasteiger charge is -2.06. The van der Waals surface area contributed by atoms with Gasteiger partial charge in [0.25, 0.3) is 0 Å². The summed E-state index contributed by atoms with van der Waals surface area (Å²) in [6.07, 6.45) is 0.467. The quantitative estimate of drug-likeness (QED) is 0.686. The Hall–Kier alpha value is -1.84. The largest absolute Gasteiger partial charge is 0.478 e. The molecule has 0 bridgehead atoms. The van der Waals surface area contributed by atoms with Crippen molar-refractivity contribution in [3.05, 3.63) is 29.3 Å². The van der Waals surface area contributed by atoms with Gasteiger partial charge in [0, 0.05) is 0 Å². The van der Waals surface area contributed by atoms with Crippen LogP contribution in [-0.4, -0.2) is 17.5 Å². The topological polar surface area (TPSA) is 66.4 Å². The molecule has 68 valence electrons. The van der Waals surface area contributed by atoms with Crippen LogP contribution in [0.25, 0.3) is 0 Å². The molecular weight excluding hydrogens is 170 g/mol. The molecule has 4 nitrogen and oxygen atoms in total. The zero-order valence-electron chi connectivity index (χ0n) is 7.07. The van der Waals surface area contributed by atoms with Crippen molar-refractivity contribution in [2.24, 2.45) is 0 Å². The molecule has 1 aromatic carbocycles. The molecule has 1 rings (SSSR count). The average molecular weight is 179 g/mol. The summed E-state index contributed by atoms with van der Waals surface area (Å²) in [5, 5.41) is 11.1. The van der Waals surface area contributed by atoms with Crippen LogP contribution < -0.4 is 5.32 Å². The molecule has 0 saturated carbocycles. The Balaban J connectivity index is 3.24. The number of carbonyl (C=O) groups is 2. The van der Waals surface area contributed by atoms with Crippen LogP contribution in [0.4, 0.5) is 5.69 Å². The Labute approximate surface area is 75.2 Å². The van der Waals surface area contributed by atoms with Crippen LogP contribution in [0, 0.1) is 6.92 Å². The molecule has 0 aliphatic rings. The zero-order valence-corrected chi connectivity index (χ0v) is 7.07. The molecule has 0 aliphatic heterocycles. The lowest BCUT2D eigenvalue weighted by Crippen LogP contribution is -2.05. The molecule has 0 aliphatic carbocycles. The molecule has 0 radical (unpaired) electrons. The molecule has 13 heavy (non-hydrogen) atoms. The van der Waals surface area contributed by atoms with Crippen LogP contribution in [0.15, 0.2) is 18.2 Å². The molecule has 0 spiro atoms. The van der Waals surface area contributed by atoms with Gasteiger partial charge < -0.3 is 10.4 Å². The highest BCUT2D eigenvalue weighted by molar-refractivity contribution is 5.97. The smallest absolute Gasteiger partial charge is 0.337 e. The Kier molecular flexibility index (Phi) is 2.64. The van der Waals surface area contributed by atoms with Gasteiger partial charge in [-0.25, -0.2) is 4.79 Å². The molecule has 0 unspecified atom stereocenters. The number of amides is 1. The molecule has 0 aromatic heterocycles. The number of anilines is 1. The first kappa shape index (κ1) is 9.25. The maximum Gasteiger partial charge on any atom is 0.337 e. The van der Waals surface area contributed by atoms with Crippen LogP contribution in [0.1, 0.15) is 15.9 Å². The third-order valence-electron chi connectivity index (χ3n) is 1.71. The van der Waals surface area contributed by atoms with Gasteiger partial charge in [-0.2, -0.15) is 0 Å². The third kappa shape index (κ3) is 1.84. The van der Waals surface area contributed by atoms with E-state index in [1.54, 1.807) is 19.1 Å². The highest BCUT2D eigenvalue weighted by Crippen LogP contribution is 2.19. The molecule has 0 saturated heterocycles. The van der Waals surface area contributed by atoms with Crippen LogP contribution in [0.5, 0.6) is 0 Å². The Morgan fingerprint density at radius 3 is 2.77 bits per heavy atom. The maximum atomic E-state index is 10.7. The van der Waals surface area contributed by atoms with Crippen molar-refractivity contribution >= 4 is 18.1 Å². The molecule has 1 amide bonds. The average Bonchev–Trinajstić information content (AvgIpc) is 2.08. The second-order valence-electron chi connectivity index (χ2n) is 2.56. The number of carboxylic acids is 1. The number of para-hydroxylation sites is 1. The number of carboxylic acid groups (broad SMARTS) is 1. The van der Waals surface area contributed by atoms with Crippen LogP contribution in [-0.2, 0) is 4.79 Å². The third-order valence-corrected chi connectivity index (χ3v) is 1.71. The Morgan fingerprint density at radius 2 is 2.23 bits per heavy atom. The summed E-state index contributed by atoms with van der Waals surface area (Å²) in [5.74, 6) is -1.05. The van der Waals surface area contributed by atoms with Gasteiger partial charge in [-0.1, -0.05) is 12.1 Å². The van der Waals surface area contributed by atoms with E-state index in [1.807, 2.05) is 0 Å². The Bertz CT molecular complexity index is 347. The molecule has 0 atom stereocenters. The lowest BCUT2D eigenvalue weighted by molar-refractivity contribution is -0.105. The number of aromatic carboxylic acids is 1. The second-order valence-corrected chi connectivity index (χ2v) is 2.56. The van der Waals surface area contributed by atoms with Crippen LogP contribution in [0.3, 0.4) is 0 Å². The van der Waals surface area contributed by atoms with Gasteiger partial charge in [0.15, 0.2) is 0 Å². The van der Waals surface area contributed by atoms with E-state index < -0.39 is 5.97 Å². The van der Waals surface area contributed by atoms with Crippen molar-refractivity contribution in [2.45, 2.75) is 6.92 Å². The normalized spacial score (nSPS) is 9.31. The summed E-state index contributed by atoms with van der Waals surface area (Å²) in [5.41, 5.74) is 1.18. The number of rotatable bonds is 3. The highest BCUT2D eigenvalue weighted by Gasteiger charge is 2.10. The molecular formula is C9H9NO3. The minimum Gasteiger partial charge on any atom is -0.478 e. The number of aryl methyl sites for hydroxylation is 1. The van der Waals surface area contributed by atoms with Gasteiger partial charge in [0.1, 0.15) is 0 Å². The van der Waals surface area contributed by atoms with Gasteiger partial charge in [-0.05, 0) is 18.6 Å². The van der Waals surface area contributed by atoms with E-state index in [0.717, 1.165) is 5.56 Å². The standard InChI is InChI=1S/C9H9NO3/c1-6-3-2-4-7(9(12)13)8(6)10-5-11/h2-5H,1H3,(H,10,11)(H,12,13). The Morgan fingerprint density at radius 1 is 1.54 bits per heavy atom. The zero-order chi connectivity index (χ0) is 9.84. The molecule has 1 aromatic rings. The number of carbonyl (C=O) groups excluding carboxylic acids is 1. The number of hydrogen-bond donors (Lipinski definition) is 2.